The molecular formula is C23H36N4O6. The Labute approximate surface area is 194 Å². The number of nitrogens with two attached hydrogens (primary N) is 1. The fraction of sp³-hybridized carbons (Fsp3) is 0.565. The molecule has 10 heteroatoms. The quantitative estimate of drug-likeness (QED) is 0.262. The van der Waals surface area contributed by atoms with E-state index in [1.165, 1.54) is 19.1 Å². The Morgan fingerprint density at radius 2 is 1.36 bits per heavy atom. The number of carbonyl (C=O) groups excluding carboxylic acids is 3. The van der Waals surface area contributed by atoms with Crippen molar-refractivity contribution in [3.8, 4) is 5.75 Å². The van der Waals surface area contributed by atoms with Crippen LogP contribution in [0.25, 0.3) is 0 Å². The van der Waals surface area contributed by atoms with Crippen LogP contribution in [-0.4, -0.2) is 58.1 Å². The Morgan fingerprint density at radius 3 is 1.82 bits per heavy atom. The molecule has 0 aliphatic rings. The molecule has 0 radical (unpaired) electrons. The average molecular weight is 465 g/mol. The minimum absolute atomic E-state index is 0.0464. The van der Waals surface area contributed by atoms with E-state index in [0.29, 0.717) is 12.0 Å². The summed E-state index contributed by atoms with van der Waals surface area (Å²) in [6.07, 6.45) is 0.375. The van der Waals surface area contributed by atoms with E-state index in [2.05, 4.69) is 16.0 Å². The molecule has 184 valence electrons. The molecule has 3 amide bonds. The third kappa shape index (κ3) is 9.48. The summed E-state index contributed by atoms with van der Waals surface area (Å²) in [4.78, 5) is 49.7. The third-order valence-electron chi connectivity index (χ3n) is 4.99. The lowest BCUT2D eigenvalue weighted by Crippen LogP contribution is -2.58. The van der Waals surface area contributed by atoms with Crippen LogP contribution in [0.5, 0.6) is 5.75 Å². The van der Waals surface area contributed by atoms with Gasteiger partial charge in [-0.15, -0.1) is 0 Å². The number of carboxylic acid groups (broad SMARTS) is 1. The first-order valence-corrected chi connectivity index (χ1v) is 11.0. The second-order valence-electron chi connectivity index (χ2n) is 8.98. The minimum atomic E-state index is -1.19. The lowest BCUT2D eigenvalue weighted by atomic mass is 9.99. The monoisotopic (exact) mass is 464 g/mol. The number of aliphatic carboxylic acids is 1. The first-order valence-electron chi connectivity index (χ1n) is 11.0. The van der Waals surface area contributed by atoms with Crippen LogP contribution in [0.3, 0.4) is 0 Å². The highest BCUT2D eigenvalue weighted by Crippen LogP contribution is 2.13. The second kappa shape index (κ2) is 12.8. The van der Waals surface area contributed by atoms with E-state index in [1.807, 2.05) is 13.8 Å². The zero-order valence-electron chi connectivity index (χ0n) is 19.8. The van der Waals surface area contributed by atoms with Gasteiger partial charge < -0.3 is 31.9 Å². The number of aromatic hydroxyl groups is 1. The Hall–Kier alpha value is -3.14. The molecule has 1 rings (SSSR count). The highest BCUT2D eigenvalue weighted by Gasteiger charge is 2.31. The van der Waals surface area contributed by atoms with Crippen LogP contribution in [0.4, 0.5) is 0 Å². The van der Waals surface area contributed by atoms with Gasteiger partial charge in [-0.2, -0.15) is 0 Å². The van der Waals surface area contributed by atoms with Crippen LogP contribution >= 0.6 is 0 Å². The van der Waals surface area contributed by atoms with Crippen LogP contribution in [0.2, 0.25) is 0 Å². The SMILES string of the molecule is CC(C)CC(NC(=O)C(C)N)C(=O)NC(Cc1ccc(O)cc1)C(=O)NC(C(=O)O)C(C)C. The Bertz CT molecular complexity index is 823. The van der Waals surface area contributed by atoms with Gasteiger partial charge in [0.2, 0.25) is 17.7 Å². The standard InChI is InChI=1S/C23H36N4O6/c1-12(2)10-17(25-20(29)14(5)24)21(30)26-18(11-15-6-8-16(28)9-7-15)22(31)27-19(13(3)4)23(32)33/h6-9,12-14,17-19,28H,10-11,24H2,1-5H3,(H,25,29)(H,26,30)(H,27,31)(H,32,33). The third-order valence-corrected chi connectivity index (χ3v) is 4.99. The molecule has 7 N–H and O–H groups in total. The van der Waals surface area contributed by atoms with Crippen molar-refractivity contribution in [3.63, 3.8) is 0 Å². The van der Waals surface area contributed by atoms with Crippen LogP contribution < -0.4 is 21.7 Å². The molecule has 0 fully saturated rings. The number of nitrogens with one attached hydrogen (secondary N) is 3. The van der Waals surface area contributed by atoms with Gasteiger partial charge in [0.15, 0.2) is 0 Å². The number of amides is 3. The van der Waals surface area contributed by atoms with Crippen molar-refractivity contribution in [2.45, 2.75) is 71.6 Å². The predicted molar refractivity (Wildman–Crippen MR) is 123 cm³/mol. The summed E-state index contributed by atoms with van der Waals surface area (Å²) in [6, 6.07) is 2.12. The number of hydrogen-bond donors (Lipinski definition) is 6. The van der Waals surface area contributed by atoms with Gasteiger partial charge in [0.25, 0.3) is 0 Å². The molecule has 0 heterocycles. The van der Waals surface area contributed by atoms with E-state index in [1.54, 1.807) is 26.0 Å². The van der Waals surface area contributed by atoms with Gasteiger partial charge in [-0.1, -0.05) is 39.8 Å². The lowest BCUT2D eigenvalue weighted by molar-refractivity contribution is -0.143. The number of phenolic OH excluding ortho intramolecular Hbond substituents is 1. The largest absolute Gasteiger partial charge is 0.508 e. The van der Waals surface area contributed by atoms with Gasteiger partial charge in [0.05, 0.1) is 6.04 Å². The zero-order valence-corrected chi connectivity index (χ0v) is 19.8. The summed E-state index contributed by atoms with van der Waals surface area (Å²) < 4.78 is 0. The van der Waals surface area contributed by atoms with Crippen molar-refractivity contribution in [1.29, 1.82) is 0 Å². The molecule has 0 saturated heterocycles. The summed E-state index contributed by atoms with van der Waals surface area (Å²) in [5.74, 6) is -3.19. The molecule has 33 heavy (non-hydrogen) atoms. The highest BCUT2D eigenvalue weighted by molar-refractivity contribution is 5.94. The van der Waals surface area contributed by atoms with Gasteiger partial charge in [-0.3, -0.25) is 14.4 Å². The molecule has 0 bridgehead atoms. The van der Waals surface area contributed by atoms with E-state index < -0.39 is 47.9 Å². The smallest absolute Gasteiger partial charge is 0.326 e. The fourth-order valence-corrected chi connectivity index (χ4v) is 3.12. The summed E-state index contributed by atoms with van der Waals surface area (Å²) in [5, 5.41) is 26.7. The molecule has 4 unspecified atom stereocenters. The summed E-state index contributed by atoms with van der Waals surface area (Å²) in [7, 11) is 0. The van der Waals surface area contributed by atoms with Gasteiger partial charge in [-0.25, -0.2) is 4.79 Å². The van der Waals surface area contributed by atoms with Crippen molar-refractivity contribution in [2.75, 3.05) is 0 Å². The van der Waals surface area contributed by atoms with E-state index in [-0.39, 0.29) is 24.0 Å². The van der Waals surface area contributed by atoms with E-state index in [0.717, 1.165) is 0 Å². The van der Waals surface area contributed by atoms with Gasteiger partial charge in [-0.05, 0) is 42.9 Å². The maximum absolute atomic E-state index is 13.0. The van der Waals surface area contributed by atoms with Crippen molar-refractivity contribution in [3.05, 3.63) is 29.8 Å². The van der Waals surface area contributed by atoms with Crippen molar-refractivity contribution < 1.29 is 29.4 Å². The average Bonchev–Trinajstić information content (AvgIpc) is 2.71. The maximum Gasteiger partial charge on any atom is 0.326 e. The van der Waals surface area contributed by atoms with E-state index >= 15 is 0 Å². The number of phenols is 1. The van der Waals surface area contributed by atoms with Crippen molar-refractivity contribution in [2.24, 2.45) is 17.6 Å². The number of hydrogen-bond acceptors (Lipinski definition) is 6. The summed E-state index contributed by atoms with van der Waals surface area (Å²) in [5.41, 5.74) is 6.25. The Kier molecular flexibility index (Phi) is 10.8. The number of benzene rings is 1. The Balaban J connectivity index is 3.14. The zero-order chi connectivity index (χ0) is 25.3. The van der Waals surface area contributed by atoms with Crippen molar-refractivity contribution >= 4 is 23.7 Å². The van der Waals surface area contributed by atoms with Crippen LogP contribution in [0.15, 0.2) is 24.3 Å². The molecule has 1 aromatic carbocycles. The minimum Gasteiger partial charge on any atom is -0.508 e. The van der Waals surface area contributed by atoms with Crippen molar-refractivity contribution in [1.82, 2.24) is 16.0 Å². The summed E-state index contributed by atoms with van der Waals surface area (Å²) in [6.45, 7) is 8.60. The van der Waals surface area contributed by atoms with Gasteiger partial charge in [0.1, 0.15) is 23.9 Å². The van der Waals surface area contributed by atoms with E-state index in [4.69, 9.17) is 5.73 Å². The van der Waals surface area contributed by atoms with Gasteiger partial charge in [0, 0.05) is 6.42 Å². The maximum atomic E-state index is 13.0. The molecule has 4 atom stereocenters. The number of carbonyl (C=O) groups is 4. The van der Waals surface area contributed by atoms with Crippen LogP contribution in [0.1, 0.15) is 46.6 Å². The van der Waals surface area contributed by atoms with E-state index in [9.17, 15) is 29.4 Å². The normalized spacial score (nSPS) is 14.8. The molecule has 1 aromatic rings. The fourth-order valence-electron chi connectivity index (χ4n) is 3.12. The molecule has 0 saturated carbocycles. The molecule has 10 nitrogen and oxygen atoms in total. The molecule has 0 spiro atoms. The molecular weight excluding hydrogens is 428 g/mol. The molecule has 0 aromatic heterocycles. The topological polar surface area (TPSA) is 171 Å². The second-order valence-corrected chi connectivity index (χ2v) is 8.98. The first-order chi connectivity index (χ1) is 15.3. The molecule has 0 aliphatic heterocycles. The van der Waals surface area contributed by atoms with Crippen LogP contribution in [-0.2, 0) is 25.6 Å². The predicted octanol–water partition coefficient (Wildman–Crippen LogP) is 0.523. The Morgan fingerprint density at radius 1 is 0.848 bits per heavy atom. The molecule has 0 aliphatic carbocycles. The van der Waals surface area contributed by atoms with Crippen LogP contribution in [0, 0.1) is 11.8 Å². The van der Waals surface area contributed by atoms with Gasteiger partial charge >= 0.3 is 5.97 Å². The number of rotatable bonds is 12. The lowest BCUT2D eigenvalue weighted by Gasteiger charge is -2.26. The highest BCUT2D eigenvalue weighted by atomic mass is 16.4. The first kappa shape index (κ1) is 27.9. The summed E-state index contributed by atoms with van der Waals surface area (Å²) >= 11 is 0. The number of carboxylic acids is 1.